The minimum absolute atomic E-state index is 0.133. The highest BCUT2D eigenvalue weighted by Gasteiger charge is 2.03. The Morgan fingerprint density at radius 3 is 2.56 bits per heavy atom. The van der Waals surface area contributed by atoms with Crippen molar-refractivity contribution in [3.8, 4) is 0 Å². The monoisotopic (exact) mass is 149 g/mol. The fourth-order valence-corrected chi connectivity index (χ4v) is 0.509. The summed E-state index contributed by atoms with van der Waals surface area (Å²) in [4.78, 5) is 0. The summed E-state index contributed by atoms with van der Waals surface area (Å²) in [5.41, 5.74) is 5.46. The second kappa shape index (κ2) is 4.93. The van der Waals surface area contributed by atoms with E-state index in [1.807, 2.05) is 13.8 Å². The van der Waals surface area contributed by atoms with E-state index < -0.39 is 0 Å². The fourth-order valence-electron chi connectivity index (χ4n) is 0.398. The first kappa shape index (κ1) is 9.10. The summed E-state index contributed by atoms with van der Waals surface area (Å²) < 4.78 is 10.1. The van der Waals surface area contributed by atoms with Gasteiger partial charge in [0.15, 0.2) is 0 Å². The van der Waals surface area contributed by atoms with Crippen LogP contribution >= 0.6 is 0 Å². The van der Waals surface area contributed by atoms with Crippen LogP contribution in [0.3, 0.4) is 0 Å². The van der Waals surface area contributed by atoms with E-state index in [-0.39, 0.29) is 12.5 Å². The topological polar surface area (TPSA) is 44.5 Å². The maximum absolute atomic E-state index is 5.46. The molecule has 0 aromatic carbocycles. The van der Waals surface area contributed by atoms with Crippen molar-refractivity contribution in [2.45, 2.75) is 32.8 Å². The quantitative estimate of drug-likeness (QED) is 0.426. The predicted octanol–water partition coefficient (Wildman–Crippen LogP) is -0.659. The summed E-state index contributed by atoms with van der Waals surface area (Å²) >= 11 is 0. The molecule has 0 aromatic rings. The Labute approximate surface area is 59.1 Å². The average molecular weight is 149 g/mol. The molecule has 0 amide bonds. The minimum Gasteiger partial charge on any atom is -0.404 e. The summed E-state index contributed by atoms with van der Waals surface area (Å²) in [5, 5.41) is 0. The Morgan fingerprint density at radius 1 is 1.67 bits per heavy atom. The Balaban J connectivity index is 3.22. The molecule has 0 aliphatic rings. The molecule has 2 atom stereocenters. The second-order valence-electron chi connectivity index (χ2n) is 1.89. The third kappa shape index (κ3) is 4.59. The molecule has 4 heteroatoms. The summed E-state index contributed by atoms with van der Waals surface area (Å²) in [6.45, 7) is 3.83. The molecule has 0 saturated carbocycles. The molecule has 0 heterocycles. The lowest BCUT2D eigenvalue weighted by atomic mass is 10.4. The van der Waals surface area contributed by atoms with Gasteiger partial charge in [-0.25, -0.2) is 0 Å². The van der Waals surface area contributed by atoms with Crippen molar-refractivity contribution < 1.29 is 9.16 Å². The molecular weight excluding hydrogens is 134 g/mol. The summed E-state index contributed by atoms with van der Waals surface area (Å²) in [6.07, 6.45) is 0.524. The number of hydrogen-bond acceptors (Lipinski definition) is 3. The van der Waals surface area contributed by atoms with Gasteiger partial charge in [-0.2, -0.15) is 0 Å². The SMILES string of the molecule is CCC(N)OC(C)O[SiH3]. The first-order valence-corrected chi connectivity index (χ1v) is 3.96. The second-order valence-corrected chi connectivity index (χ2v) is 2.36. The third-order valence-electron chi connectivity index (χ3n) is 1.10. The van der Waals surface area contributed by atoms with Crippen LogP contribution in [0.1, 0.15) is 20.3 Å². The Hall–Kier alpha value is 0.0969. The molecule has 9 heavy (non-hydrogen) atoms. The summed E-state index contributed by atoms with van der Waals surface area (Å²) in [5.74, 6) is 0. The van der Waals surface area contributed by atoms with Gasteiger partial charge in [0, 0.05) is 0 Å². The van der Waals surface area contributed by atoms with Crippen molar-refractivity contribution in [2.75, 3.05) is 0 Å². The molecule has 0 aliphatic heterocycles. The van der Waals surface area contributed by atoms with E-state index in [0.29, 0.717) is 10.5 Å². The zero-order valence-electron chi connectivity index (χ0n) is 6.26. The molecule has 0 aliphatic carbocycles. The van der Waals surface area contributed by atoms with Crippen LogP contribution in [0.5, 0.6) is 0 Å². The number of ether oxygens (including phenoxy) is 1. The maximum atomic E-state index is 5.46. The van der Waals surface area contributed by atoms with Crippen LogP contribution in [-0.4, -0.2) is 23.0 Å². The van der Waals surface area contributed by atoms with Crippen molar-refractivity contribution >= 4 is 10.5 Å². The highest BCUT2D eigenvalue weighted by molar-refractivity contribution is 5.98. The van der Waals surface area contributed by atoms with Gasteiger partial charge >= 0.3 is 0 Å². The van der Waals surface area contributed by atoms with Gasteiger partial charge < -0.3 is 14.9 Å². The molecule has 2 N–H and O–H groups in total. The molecule has 0 fully saturated rings. The Bertz CT molecular complexity index is 64.0. The van der Waals surface area contributed by atoms with Gasteiger partial charge in [-0.3, -0.25) is 0 Å². The van der Waals surface area contributed by atoms with Gasteiger partial charge in [-0.1, -0.05) is 6.92 Å². The normalized spacial score (nSPS) is 17.7. The van der Waals surface area contributed by atoms with Crippen LogP contribution in [-0.2, 0) is 9.16 Å². The Morgan fingerprint density at radius 2 is 2.22 bits per heavy atom. The van der Waals surface area contributed by atoms with Gasteiger partial charge in [-0.05, 0) is 13.3 Å². The van der Waals surface area contributed by atoms with Crippen molar-refractivity contribution in [2.24, 2.45) is 5.73 Å². The van der Waals surface area contributed by atoms with Gasteiger partial charge in [0.05, 0.1) is 0 Å². The number of hydrogen-bond donors (Lipinski definition) is 1. The van der Waals surface area contributed by atoms with Crippen molar-refractivity contribution in [3.63, 3.8) is 0 Å². The van der Waals surface area contributed by atoms with E-state index in [4.69, 9.17) is 14.9 Å². The van der Waals surface area contributed by atoms with Crippen molar-refractivity contribution in [1.29, 1.82) is 0 Å². The summed E-state index contributed by atoms with van der Waals surface area (Å²) in [6, 6.07) is 0. The number of nitrogens with two attached hydrogens (primary N) is 1. The number of rotatable bonds is 4. The fraction of sp³-hybridized carbons (Fsp3) is 1.00. The van der Waals surface area contributed by atoms with Crippen LogP contribution in [0.2, 0.25) is 0 Å². The molecule has 2 unspecified atom stereocenters. The lowest BCUT2D eigenvalue weighted by Gasteiger charge is -2.15. The van der Waals surface area contributed by atoms with Gasteiger partial charge in [0.1, 0.15) is 23.0 Å². The van der Waals surface area contributed by atoms with Crippen LogP contribution in [0.15, 0.2) is 0 Å². The highest BCUT2D eigenvalue weighted by atomic mass is 28.2. The predicted molar refractivity (Wildman–Crippen MR) is 39.8 cm³/mol. The van der Waals surface area contributed by atoms with Gasteiger partial charge in [0.25, 0.3) is 0 Å². The van der Waals surface area contributed by atoms with Crippen LogP contribution in [0.25, 0.3) is 0 Å². The van der Waals surface area contributed by atoms with Gasteiger partial charge in [0.2, 0.25) is 0 Å². The molecule has 0 aromatic heterocycles. The standard InChI is InChI=1S/C5H15NO2Si/c1-3-5(6)7-4(2)8-9/h4-5H,3,6H2,1-2,9H3. The lowest BCUT2D eigenvalue weighted by Crippen LogP contribution is -2.28. The molecule has 56 valence electrons. The van der Waals surface area contributed by atoms with Crippen LogP contribution in [0.4, 0.5) is 0 Å². The molecule has 0 saturated heterocycles. The van der Waals surface area contributed by atoms with Crippen LogP contribution < -0.4 is 5.73 Å². The zero-order valence-corrected chi connectivity index (χ0v) is 8.26. The summed E-state index contributed by atoms with van der Waals surface area (Å²) in [7, 11) is 0.700. The zero-order chi connectivity index (χ0) is 7.28. The third-order valence-corrected chi connectivity index (χ3v) is 1.76. The van der Waals surface area contributed by atoms with E-state index in [2.05, 4.69) is 0 Å². The van der Waals surface area contributed by atoms with Gasteiger partial charge in [-0.15, -0.1) is 0 Å². The first-order valence-electron chi connectivity index (χ1n) is 3.14. The maximum Gasteiger partial charge on any atom is 0.149 e. The smallest absolute Gasteiger partial charge is 0.149 e. The largest absolute Gasteiger partial charge is 0.404 e. The Kier molecular flexibility index (Phi) is 4.98. The van der Waals surface area contributed by atoms with Crippen LogP contribution in [0, 0.1) is 0 Å². The van der Waals surface area contributed by atoms with E-state index >= 15 is 0 Å². The van der Waals surface area contributed by atoms with Crippen molar-refractivity contribution in [3.05, 3.63) is 0 Å². The van der Waals surface area contributed by atoms with E-state index in [1.54, 1.807) is 0 Å². The van der Waals surface area contributed by atoms with E-state index in [0.717, 1.165) is 6.42 Å². The molecule has 0 rings (SSSR count). The highest BCUT2D eigenvalue weighted by Crippen LogP contribution is 1.95. The minimum atomic E-state index is -0.172. The first-order chi connectivity index (χ1) is 4.20. The molecule has 0 bridgehead atoms. The van der Waals surface area contributed by atoms with E-state index in [1.165, 1.54) is 0 Å². The molecule has 3 nitrogen and oxygen atoms in total. The molecule has 0 radical (unpaired) electrons. The lowest BCUT2D eigenvalue weighted by molar-refractivity contribution is -0.103. The molecule has 0 spiro atoms. The van der Waals surface area contributed by atoms with E-state index in [9.17, 15) is 0 Å². The van der Waals surface area contributed by atoms with Crippen molar-refractivity contribution in [1.82, 2.24) is 0 Å². The molecular formula is C5H15NO2Si. The average Bonchev–Trinajstić information content (AvgIpc) is 1.87.